The number of non-ortho nitro benzene ring substituents is 1. The molecule has 0 bridgehead atoms. The van der Waals surface area contributed by atoms with Gasteiger partial charge in [0.1, 0.15) is 0 Å². The number of nitrogens with one attached hydrogen (secondary N) is 1. The summed E-state index contributed by atoms with van der Waals surface area (Å²) in [5.41, 5.74) is 4.02. The maximum absolute atomic E-state index is 12.1. The summed E-state index contributed by atoms with van der Waals surface area (Å²) in [4.78, 5) is 22.3. The van der Waals surface area contributed by atoms with Crippen LogP contribution in [0.1, 0.15) is 63.2 Å². The molecule has 0 radical (unpaired) electrons. The van der Waals surface area contributed by atoms with Gasteiger partial charge in [-0.15, -0.1) is 0 Å². The van der Waals surface area contributed by atoms with Crippen LogP contribution >= 0.6 is 0 Å². The van der Waals surface area contributed by atoms with Crippen molar-refractivity contribution >= 4 is 17.3 Å². The number of carbonyl (C=O) groups is 1. The van der Waals surface area contributed by atoms with E-state index in [0.717, 1.165) is 37.8 Å². The van der Waals surface area contributed by atoms with Crippen LogP contribution in [0.3, 0.4) is 0 Å². The molecule has 0 heterocycles. The monoisotopic (exact) mass is 331 g/mol. The zero-order valence-electron chi connectivity index (χ0n) is 14.5. The lowest BCUT2D eigenvalue weighted by molar-refractivity contribution is -0.384. The number of hydrogen-bond donors (Lipinski definition) is 1. The molecule has 0 aliphatic heterocycles. The van der Waals surface area contributed by atoms with Crippen molar-refractivity contribution in [2.24, 2.45) is 16.4 Å². The standard InChI is InChI=1S/C18H25N3O3/c1-4-18(2,3)14-8-10-15(11-9-14)19-20-17(22)13-6-5-7-16(12-13)21(23)24/h5-7,12,14H,4,8-11H2,1-3H3,(H,20,22). The van der Waals surface area contributed by atoms with Crippen LogP contribution < -0.4 is 5.43 Å². The molecule has 0 unspecified atom stereocenters. The molecule has 0 aromatic heterocycles. The Labute approximate surface area is 142 Å². The number of hydrogen-bond acceptors (Lipinski definition) is 4. The molecule has 6 nitrogen and oxygen atoms in total. The van der Waals surface area contributed by atoms with Gasteiger partial charge in [0, 0.05) is 23.4 Å². The van der Waals surface area contributed by atoms with Crippen molar-refractivity contribution in [3.05, 3.63) is 39.9 Å². The first kappa shape index (κ1) is 18.1. The molecule has 1 aliphatic carbocycles. The maximum Gasteiger partial charge on any atom is 0.271 e. The van der Waals surface area contributed by atoms with Crippen LogP contribution in [0.5, 0.6) is 0 Å². The summed E-state index contributed by atoms with van der Waals surface area (Å²) in [6.45, 7) is 6.84. The Bertz CT molecular complexity index is 643. The lowest BCUT2D eigenvalue weighted by atomic mass is 9.69. The van der Waals surface area contributed by atoms with E-state index in [9.17, 15) is 14.9 Å². The highest BCUT2D eigenvalue weighted by atomic mass is 16.6. The number of nitrogens with zero attached hydrogens (tertiary/aromatic N) is 2. The highest BCUT2D eigenvalue weighted by Crippen LogP contribution is 2.39. The minimum Gasteiger partial charge on any atom is -0.267 e. The summed E-state index contributed by atoms with van der Waals surface area (Å²) in [5, 5.41) is 15.0. The van der Waals surface area contributed by atoms with E-state index in [2.05, 4.69) is 31.3 Å². The topological polar surface area (TPSA) is 84.6 Å². The number of carbonyl (C=O) groups excluding carboxylic acids is 1. The van der Waals surface area contributed by atoms with Crippen LogP contribution in [0.25, 0.3) is 0 Å². The first-order valence-corrected chi connectivity index (χ1v) is 8.43. The fraction of sp³-hybridized carbons (Fsp3) is 0.556. The largest absolute Gasteiger partial charge is 0.271 e. The molecule has 0 saturated heterocycles. The second kappa shape index (κ2) is 7.55. The third kappa shape index (κ3) is 4.40. The number of nitro benzene ring substituents is 1. The van der Waals surface area contributed by atoms with Crippen molar-refractivity contribution in [3.63, 3.8) is 0 Å². The van der Waals surface area contributed by atoms with Gasteiger partial charge in [-0.05, 0) is 43.1 Å². The first-order valence-electron chi connectivity index (χ1n) is 8.43. The second-order valence-electron chi connectivity index (χ2n) is 7.04. The number of rotatable bonds is 5. The molecular weight excluding hydrogens is 306 g/mol. The van der Waals surface area contributed by atoms with E-state index in [-0.39, 0.29) is 11.3 Å². The Balaban J connectivity index is 1.94. The van der Waals surface area contributed by atoms with Gasteiger partial charge in [0.15, 0.2) is 0 Å². The van der Waals surface area contributed by atoms with Crippen molar-refractivity contribution in [2.45, 2.75) is 52.9 Å². The van der Waals surface area contributed by atoms with Gasteiger partial charge in [0.25, 0.3) is 11.6 Å². The normalized spacial score (nSPS) is 18.1. The molecule has 1 amide bonds. The molecule has 1 fully saturated rings. The molecule has 6 heteroatoms. The zero-order chi connectivity index (χ0) is 17.7. The molecule has 1 N–H and O–H groups in total. The molecule has 0 atom stereocenters. The van der Waals surface area contributed by atoms with E-state index >= 15 is 0 Å². The van der Waals surface area contributed by atoms with Crippen molar-refractivity contribution in [1.82, 2.24) is 5.43 Å². The van der Waals surface area contributed by atoms with E-state index in [0.29, 0.717) is 11.3 Å². The van der Waals surface area contributed by atoms with Crippen molar-refractivity contribution in [3.8, 4) is 0 Å². The van der Waals surface area contributed by atoms with Gasteiger partial charge in [-0.1, -0.05) is 33.3 Å². The molecule has 130 valence electrons. The van der Waals surface area contributed by atoms with Gasteiger partial charge in [0.05, 0.1) is 4.92 Å². The van der Waals surface area contributed by atoms with E-state index in [1.165, 1.54) is 18.2 Å². The summed E-state index contributed by atoms with van der Waals surface area (Å²) in [6, 6.07) is 5.66. The number of nitro groups is 1. The number of benzene rings is 1. The van der Waals surface area contributed by atoms with Crippen LogP contribution in [0.4, 0.5) is 5.69 Å². The molecule has 1 saturated carbocycles. The average molecular weight is 331 g/mol. The highest BCUT2D eigenvalue weighted by Gasteiger charge is 2.30. The van der Waals surface area contributed by atoms with E-state index < -0.39 is 10.8 Å². The number of hydrazone groups is 1. The first-order chi connectivity index (χ1) is 11.3. The predicted molar refractivity (Wildman–Crippen MR) is 94.0 cm³/mol. The molecule has 0 spiro atoms. The third-order valence-electron chi connectivity index (χ3n) is 5.21. The summed E-state index contributed by atoms with van der Waals surface area (Å²) >= 11 is 0. The molecular formula is C18H25N3O3. The lowest BCUT2D eigenvalue weighted by Gasteiger charge is -2.36. The van der Waals surface area contributed by atoms with E-state index in [1.807, 2.05) is 0 Å². The molecule has 1 aromatic carbocycles. The minimum absolute atomic E-state index is 0.0994. The van der Waals surface area contributed by atoms with Gasteiger partial charge in [-0.3, -0.25) is 14.9 Å². The van der Waals surface area contributed by atoms with Crippen molar-refractivity contribution < 1.29 is 9.72 Å². The SMILES string of the molecule is CCC(C)(C)C1CCC(=NNC(=O)c2cccc([N+](=O)[O-])c2)CC1. The highest BCUT2D eigenvalue weighted by molar-refractivity contribution is 5.96. The smallest absolute Gasteiger partial charge is 0.267 e. The Morgan fingerprint density at radius 1 is 1.38 bits per heavy atom. The van der Waals surface area contributed by atoms with Gasteiger partial charge >= 0.3 is 0 Å². The summed E-state index contributed by atoms with van der Waals surface area (Å²) in [7, 11) is 0. The summed E-state index contributed by atoms with van der Waals surface area (Å²) in [6.07, 6.45) is 5.12. The van der Waals surface area contributed by atoms with Crippen LogP contribution in [0.15, 0.2) is 29.4 Å². The van der Waals surface area contributed by atoms with Crippen molar-refractivity contribution in [1.29, 1.82) is 0 Å². The van der Waals surface area contributed by atoms with Crippen LogP contribution in [0, 0.1) is 21.4 Å². The quantitative estimate of drug-likeness (QED) is 0.644. The van der Waals surface area contributed by atoms with Gasteiger partial charge in [0.2, 0.25) is 0 Å². The van der Waals surface area contributed by atoms with Gasteiger partial charge < -0.3 is 0 Å². The Kier molecular flexibility index (Phi) is 5.70. The molecule has 1 aromatic rings. The molecule has 24 heavy (non-hydrogen) atoms. The average Bonchev–Trinajstić information content (AvgIpc) is 2.60. The minimum atomic E-state index is -0.514. The zero-order valence-corrected chi connectivity index (χ0v) is 14.5. The predicted octanol–water partition coefficient (Wildman–Crippen LogP) is 4.31. The molecule has 2 rings (SSSR count). The lowest BCUT2D eigenvalue weighted by Crippen LogP contribution is -2.29. The fourth-order valence-electron chi connectivity index (χ4n) is 3.09. The van der Waals surface area contributed by atoms with Crippen LogP contribution in [0.2, 0.25) is 0 Å². The second-order valence-corrected chi connectivity index (χ2v) is 7.04. The van der Waals surface area contributed by atoms with E-state index in [4.69, 9.17) is 0 Å². The third-order valence-corrected chi connectivity index (χ3v) is 5.21. The van der Waals surface area contributed by atoms with Gasteiger partial charge in [-0.25, -0.2) is 5.43 Å². The Morgan fingerprint density at radius 3 is 2.62 bits per heavy atom. The Hall–Kier alpha value is -2.24. The van der Waals surface area contributed by atoms with Gasteiger partial charge in [-0.2, -0.15) is 5.10 Å². The Morgan fingerprint density at radius 2 is 2.04 bits per heavy atom. The number of amides is 1. The van der Waals surface area contributed by atoms with Crippen LogP contribution in [-0.4, -0.2) is 16.5 Å². The van der Waals surface area contributed by atoms with E-state index in [1.54, 1.807) is 6.07 Å². The molecule has 1 aliphatic rings. The summed E-state index contributed by atoms with van der Waals surface area (Å²) < 4.78 is 0. The summed E-state index contributed by atoms with van der Waals surface area (Å²) in [5.74, 6) is 0.274. The maximum atomic E-state index is 12.1. The fourth-order valence-corrected chi connectivity index (χ4v) is 3.09. The van der Waals surface area contributed by atoms with Crippen LogP contribution in [-0.2, 0) is 0 Å². The van der Waals surface area contributed by atoms with Crippen molar-refractivity contribution in [2.75, 3.05) is 0 Å².